The maximum Gasteiger partial charge on any atom is 0.257 e. The second-order valence-electron chi connectivity index (χ2n) is 10.7. The van der Waals surface area contributed by atoms with Crippen LogP contribution < -0.4 is 9.47 Å². The average Bonchev–Trinajstić information content (AvgIpc) is 3.43. The molecule has 2 heterocycles. The van der Waals surface area contributed by atoms with E-state index < -0.39 is 0 Å². The van der Waals surface area contributed by atoms with Gasteiger partial charge in [0, 0.05) is 24.6 Å². The van der Waals surface area contributed by atoms with E-state index in [2.05, 4.69) is 41.3 Å². The van der Waals surface area contributed by atoms with Crippen LogP contribution in [0.2, 0.25) is 10.0 Å². The Morgan fingerprint density at radius 1 is 0.923 bits per heavy atom. The minimum absolute atomic E-state index is 0.0277. The predicted molar refractivity (Wildman–Crippen MR) is 158 cm³/mol. The lowest BCUT2D eigenvalue weighted by Crippen LogP contribution is -2.40. The molecule has 7 heteroatoms. The van der Waals surface area contributed by atoms with E-state index >= 15 is 0 Å². The lowest BCUT2D eigenvalue weighted by atomic mass is 9.76. The summed E-state index contributed by atoms with van der Waals surface area (Å²) in [4.78, 5) is 18.2. The first-order valence-corrected chi connectivity index (χ1v) is 14.4. The van der Waals surface area contributed by atoms with E-state index in [1.54, 1.807) is 32.4 Å². The van der Waals surface area contributed by atoms with E-state index in [0.29, 0.717) is 46.1 Å². The first kappa shape index (κ1) is 27.8. The van der Waals surface area contributed by atoms with Gasteiger partial charge in [-0.05, 0) is 86.6 Å². The van der Waals surface area contributed by atoms with Gasteiger partial charge in [0.25, 0.3) is 5.91 Å². The van der Waals surface area contributed by atoms with Crippen LogP contribution >= 0.6 is 23.2 Å². The zero-order chi connectivity index (χ0) is 27.4. The van der Waals surface area contributed by atoms with Crippen molar-refractivity contribution in [2.24, 2.45) is 0 Å². The van der Waals surface area contributed by atoms with E-state index in [4.69, 9.17) is 32.7 Å². The molecule has 2 fully saturated rings. The summed E-state index contributed by atoms with van der Waals surface area (Å²) >= 11 is 12.8. The number of carbonyl (C=O) groups is 1. The Balaban J connectivity index is 1.32. The standard InChI is InChI=1S/C32H36Cl2N2O3/c1-38-26-9-10-27(30(21-26)39-2)31(37)36-19-15-32(22-36,25-8-11-28(33)29(34)20-25)14-18-35-16-12-24(13-17-35)23-6-4-3-5-7-23/h3-11,20-21,24H,12-19,22H2,1-2H3. The normalized spacial score (nSPS) is 20.3. The molecule has 0 saturated carbocycles. The number of hydrogen-bond donors (Lipinski definition) is 0. The summed E-state index contributed by atoms with van der Waals surface area (Å²) in [5, 5.41) is 1.10. The molecule has 0 aliphatic carbocycles. The number of halogens is 2. The van der Waals surface area contributed by atoms with E-state index in [-0.39, 0.29) is 11.3 Å². The summed E-state index contributed by atoms with van der Waals surface area (Å²) in [6, 6.07) is 22.2. The van der Waals surface area contributed by atoms with Crippen LogP contribution in [0, 0.1) is 0 Å². The number of benzene rings is 3. The van der Waals surface area contributed by atoms with Crippen LogP contribution in [0.3, 0.4) is 0 Å². The van der Waals surface area contributed by atoms with Crippen molar-refractivity contribution in [2.75, 3.05) is 46.9 Å². The third kappa shape index (κ3) is 6.06. The van der Waals surface area contributed by atoms with Gasteiger partial charge in [-0.1, -0.05) is 59.6 Å². The summed E-state index contributed by atoms with van der Waals surface area (Å²) in [7, 11) is 3.18. The van der Waals surface area contributed by atoms with Gasteiger partial charge in [0.1, 0.15) is 11.5 Å². The Hall–Kier alpha value is -2.73. The summed E-state index contributed by atoms with van der Waals surface area (Å²) in [6.45, 7) is 4.45. The Morgan fingerprint density at radius 2 is 1.69 bits per heavy atom. The van der Waals surface area contributed by atoms with Gasteiger partial charge >= 0.3 is 0 Å². The summed E-state index contributed by atoms with van der Waals surface area (Å²) in [6.07, 6.45) is 4.16. The fourth-order valence-corrected chi connectivity index (χ4v) is 6.49. The number of methoxy groups -OCH3 is 2. The lowest BCUT2D eigenvalue weighted by molar-refractivity contribution is 0.0776. The topological polar surface area (TPSA) is 42.0 Å². The van der Waals surface area contributed by atoms with Crippen LogP contribution in [0.25, 0.3) is 0 Å². The lowest BCUT2D eigenvalue weighted by Gasteiger charge is -2.36. The van der Waals surface area contributed by atoms with Crippen LogP contribution in [-0.2, 0) is 5.41 Å². The number of nitrogens with zero attached hydrogens (tertiary/aromatic N) is 2. The molecule has 0 radical (unpaired) electrons. The Labute approximate surface area is 241 Å². The molecule has 2 saturated heterocycles. The number of carbonyl (C=O) groups excluding carboxylic acids is 1. The Kier molecular flexibility index (Phi) is 8.70. The van der Waals surface area contributed by atoms with Crippen molar-refractivity contribution >= 4 is 29.1 Å². The van der Waals surface area contributed by atoms with Crippen molar-refractivity contribution in [1.29, 1.82) is 0 Å². The van der Waals surface area contributed by atoms with Crippen molar-refractivity contribution < 1.29 is 14.3 Å². The van der Waals surface area contributed by atoms with Gasteiger partial charge in [-0.3, -0.25) is 4.79 Å². The second-order valence-corrected chi connectivity index (χ2v) is 11.5. The highest BCUT2D eigenvalue weighted by Gasteiger charge is 2.42. The first-order chi connectivity index (χ1) is 18.9. The second kappa shape index (κ2) is 12.2. The summed E-state index contributed by atoms with van der Waals surface area (Å²) < 4.78 is 10.9. The fraction of sp³-hybridized carbons (Fsp3) is 0.406. The van der Waals surface area contributed by atoms with Crippen molar-refractivity contribution in [3.63, 3.8) is 0 Å². The number of amides is 1. The maximum atomic E-state index is 13.7. The molecule has 0 spiro atoms. The summed E-state index contributed by atoms with van der Waals surface area (Å²) in [5.74, 6) is 1.78. The largest absolute Gasteiger partial charge is 0.497 e. The molecule has 2 aliphatic heterocycles. The average molecular weight is 568 g/mol. The zero-order valence-electron chi connectivity index (χ0n) is 22.7. The van der Waals surface area contributed by atoms with Crippen molar-refractivity contribution in [3.05, 3.63) is 93.5 Å². The van der Waals surface area contributed by atoms with Crippen molar-refractivity contribution in [3.8, 4) is 11.5 Å². The fourth-order valence-electron chi connectivity index (χ4n) is 6.19. The molecule has 0 N–H and O–H groups in total. The highest BCUT2D eigenvalue weighted by atomic mass is 35.5. The van der Waals surface area contributed by atoms with Crippen LogP contribution in [-0.4, -0.2) is 62.7 Å². The van der Waals surface area contributed by atoms with Crippen LogP contribution in [0.15, 0.2) is 66.7 Å². The van der Waals surface area contributed by atoms with Crippen molar-refractivity contribution in [2.45, 2.75) is 37.0 Å². The highest BCUT2D eigenvalue weighted by Crippen LogP contribution is 2.41. The Morgan fingerprint density at radius 3 is 2.38 bits per heavy atom. The molecule has 1 atom stereocenters. The van der Waals surface area contributed by atoms with E-state index in [1.807, 2.05) is 17.0 Å². The number of rotatable bonds is 8. The molecule has 206 valence electrons. The van der Waals surface area contributed by atoms with Gasteiger partial charge in [-0.2, -0.15) is 0 Å². The number of ether oxygens (including phenoxy) is 2. The minimum atomic E-state index is -0.195. The summed E-state index contributed by atoms with van der Waals surface area (Å²) in [5.41, 5.74) is 2.95. The van der Waals surface area contributed by atoms with Crippen molar-refractivity contribution in [1.82, 2.24) is 9.80 Å². The maximum absolute atomic E-state index is 13.7. The molecule has 0 aromatic heterocycles. The molecular weight excluding hydrogens is 531 g/mol. The molecule has 5 rings (SSSR count). The smallest absolute Gasteiger partial charge is 0.257 e. The number of likely N-dealkylation sites (tertiary alicyclic amines) is 2. The highest BCUT2D eigenvalue weighted by molar-refractivity contribution is 6.42. The third-order valence-electron chi connectivity index (χ3n) is 8.58. The molecule has 2 aliphatic rings. The van der Waals surface area contributed by atoms with E-state index in [0.717, 1.165) is 38.0 Å². The van der Waals surface area contributed by atoms with Crippen LogP contribution in [0.1, 0.15) is 53.1 Å². The molecule has 3 aromatic carbocycles. The van der Waals surface area contributed by atoms with Gasteiger partial charge < -0.3 is 19.3 Å². The quantitative estimate of drug-likeness (QED) is 0.292. The molecule has 1 amide bonds. The van der Waals surface area contributed by atoms with Gasteiger partial charge in [0.05, 0.1) is 29.8 Å². The van der Waals surface area contributed by atoms with Gasteiger partial charge in [-0.15, -0.1) is 0 Å². The van der Waals surface area contributed by atoms with E-state index in [9.17, 15) is 4.79 Å². The Bertz CT molecular complexity index is 1290. The van der Waals surface area contributed by atoms with Gasteiger partial charge in [0.15, 0.2) is 0 Å². The predicted octanol–water partition coefficient (Wildman–Crippen LogP) is 7.06. The zero-order valence-corrected chi connectivity index (χ0v) is 24.2. The molecule has 1 unspecified atom stereocenters. The minimum Gasteiger partial charge on any atom is -0.497 e. The van der Waals surface area contributed by atoms with Gasteiger partial charge in [0.2, 0.25) is 0 Å². The molecule has 0 bridgehead atoms. The first-order valence-electron chi connectivity index (χ1n) is 13.7. The van der Waals surface area contributed by atoms with Crippen LogP contribution in [0.4, 0.5) is 0 Å². The number of piperidine rings is 1. The number of hydrogen-bond acceptors (Lipinski definition) is 4. The molecule has 3 aromatic rings. The monoisotopic (exact) mass is 566 g/mol. The third-order valence-corrected chi connectivity index (χ3v) is 9.32. The van der Waals surface area contributed by atoms with Crippen LogP contribution in [0.5, 0.6) is 11.5 Å². The molecule has 5 nitrogen and oxygen atoms in total. The van der Waals surface area contributed by atoms with Gasteiger partial charge in [-0.25, -0.2) is 0 Å². The molecule has 39 heavy (non-hydrogen) atoms. The SMILES string of the molecule is COc1ccc(C(=O)N2CCC(CCN3CCC(c4ccccc4)CC3)(c3ccc(Cl)c(Cl)c3)C2)c(OC)c1. The molecular formula is C32H36Cl2N2O3. The van der Waals surface area contributed by atoms with E-state index in [1.165, 1.54) is 18.4 Å².